The minimum absolute atomic E-state index is 0.0831. The number of aromatic nitrogens is 1. The number of hydrogen-bond acceptors (Lipinski definition) is 3. The molecule has 1 aromatic carbocycles. The highest BCUT2D eigenvalue weighted by Crippen LogP contribution is 2.18. The van der Waals surface area contributed by atoms with Crippen molar-refractivity contribution in [1.29, 1.82) is 0 Å². The molecule has 0 spiro atoms. The zero-order chi connectivity index (χ0) is 17.5. The lowest BCUT2D eigenvalue weighted by Crippen LogP contribution is -2.27. The normalized spacial score (nSPS) is 12.0. The lowest BCUT2D eigenvalue weighted by atomic mass is 10.00. The maximum atomic E-state index is 12.5. The molecule has 0 unspecified atom stereocenters. The average molecular weight is 326 g/mol. The minimum Gasteiger partial charge on any atom is -0.477 e. The maximum Gasteiger partial charge on any atom is 0.257 e. The van der Waals surface area contributed by atoms with Gasteiger partial charge in [0.05, 0.1) is 12.6 Å². The molecule has 2 aromatic rings. The van der Waals surface area contributed by atoms with E-state index in [-0.39, 0.29) is 11.9 Å². The topological polar surface area (TPSA) is 51.2 Å². The molecule has 24 heavy (non-hydrogen) atoms. The summed E-state index contributed by atoms with van der Waals surface area (Å²) < 4.78 is 5.43. The van der Waals surface area contributed by atoms with E-state index in [4.69, 9.17) is 4.74 Å². The summed E-state index contributed by atoms with van der Waals surface area (Å²) >= 11 is 0. The van der Waals surface area contributed by atoms with Gasteiger partial charge in [-0.3, -0.25) is 4.79 Å². The first-order valence-corrected chi connectivity index (χ1v) is 8.48. The van der Waals surface area contributed by atoms with E-state index < -0.39 is 0 Å². The molecule has 0 saturated carbocycles. The highest BCUT2D eigenvalue weighted by molar-refractivity contribution is 5.96. The summed E-state index contributed by atoms with van der Waals surface area (Å²) in [6, 6.07) is 11.8. The van der Waals surface area contributed by atoms with Gasteiger partial charge < -0.3 is 10.1 Å². The number of hydrogen-bond donors (Lipinski definition) is 1. The third-order valence-electron chi connectivity index (χ3n) is 3.77. The van der Waals surface area contributed by atoms with Gasteiger partial charge in [0.2, 0.25) is 5.88 Å². The third-order valence-corrected chi connectivity index (χ3v) is 3.77. The molecule has 2 rings (SSSR count). The molecular weight excluding hydrogens is 300 g/mol. The van der Waals surface area contributed by atoms with Crippen molar-refractivity contribution in [3.63, 3.8) is 0 Å². The molecule has 0 aliphatic carbocycles. The Bertz CT molecular complexity index is 666. The average Bonchev–Trinajstić information content (AvgIpc) is 2.55. The number of benzene rings is 1. The first-order chi connectivity index (χ1) is 11.5. The van der Waals surface area contributed by atoms with E-state index in [1.807, 2.05) is 13.8 Å². The molecule has 1 N–H and O–H groups in total. The van der Waals surface area contributed by atoms with E-state index in [2.05, 4.69) is 48.4 Å². The van der Waals surface area contributed by atoms with Gasteiger partial charge in [0.15, 0.2) is 0 Å². The number of nitrogens with one attached hydrogen (secondary N) is 1. The van der Waals surface area contributed by atoms with Crippen molar-refractivity contribution in [2.24, 2.45) is 5.92 Å². The van der Waals surface area contributed by atoms with Crippen molar-refractivity contribution < 1.29 is 9.53 Å². The molecular formula is C20H26N2O2. The SMILES string of the molecule is CCOc1ncccc1C(=O)N[C@H](C)c1ccc(CC(C)C)cc1. The fourth-order valence-electron chi connectivity index (χ4n) is 2.59. The molecule has 4 heteroatoms. The zero-order valence-electron chi connectivity index (χ0n) is 14.9. The second kappa shape index (κ2) is 8.48. The lowest BCUT2D eigenvalue weighted by Gasteiger charge is -2.16. The van der Waals surface area contributed by atoms with Crippen molar-refractivity contribution in [2.75, 3.05) is 6.61 Å². The summed E-state index contributed by atoms with van der Waals surface area (Å²) in [6.45, 7) is 8.75. The standard InChI is InChI=1S/C20H26N2O2/c1-5-24-20-18(7-6-12-21-20)19(23)22-15(4)17-10-8-16(9-11-17)13-14(2)3/h6-12,14-15H,5,13H2,1-4H3,(H,22,23)/t15-/m1/s1. The number of amides is 1. The monoisotopic (exact) mass is 326 g/mol. The number of ether oxygens (including phenoxy) is 1. The molecule has 0 saturated heterocycles. The van der Waals surface area contributed by atoms with Gasteiger partial charge >= 0.3 is 0 Å². The van der Waals surface area contributed by atoms with E-state index >= 15 is 0 Å². The van der Waals surface area contributed by atoms with Crippen LogP contribution in [0.25, 0.3) is 0 Å². The van der Waals surface area contributed by atoms with Crippen LogP contribution in [0.5, 0.6) is 5.88 Å². The Balaban J connectivity index is 2.06. The Morgan fingerprint density at radius 3 is 2.50 bits per heavy atom. The summed E-state index contributed by atoms with van der Waals surface area (Å²) in [5, 5.41) is 3.01. The summed E-state index contributed by atoms with van der Waals surface area (Å²) in [5.41, 5.74) is 2.86. The third kappa shape index (κ3) is 4.82. The number of carbonyl (C=O) groups excluding carboxylic acids is 1. The van der Waals surface area contributed by atoms with Gasteiger partial charge in [0.1, 0.15) is 5.56 Å². The van der Waals surface area contributed by atoms with Crippen molar-refractivity contribution in [1.82, 2.24) is 10.3 Å². The Labute approximate surface area is 144 Å². The molecule has 0 aliphatic rings. The van der Waals surface area contributed by atoms with Crippen LogP contribution < -0.4 is 10.1 Å². The quantitative estimate of drug-likeness (QED) is 0.831. The molecule has 1 aromatic heterocycles. The molecule has 0 radical (unpaired) electrons. The largest absolute Gasteiger partial charge is 0.477 e. The summed E-state index contributed by atoms with van der Waals surface area (Å²) in [6.07, 6.45) is 2.69. The van der Waals surface area contributed by atoms with E-state index in [1.165, 1.54) is 5.56 Å². The summed E-state index contributed by atoms with van der Waals surface area (Å²) in [4.78, 5) is 16.6. The Hall–Kier alpha value is -2.36. The van der Waals surface area contributed by atoms with Crippen LogP contribution in [-0.4, -0.2) is 17.5 Å². The number of carbonyl (C=O) groups is 1. The first-order valence-electron chi connectivity index (χ1n) is 8.48. The van der Waals surface area contributed by atoms with Gasteiger partial charge in [0.25, 0.3) is 5.91 Å². The molecule has 1 amide bonds. The van der Waals surface area contributed by atoms with Crippen molar-refractivity contribution in [3.8, 4) is 5.88 Å². The van der Waals surface area contributed by atoms with Gasteiger partial charge in [-0.15, -0.1) is 0 Å². The molecule has 4 nitrogen and oxygen atoms in total. The van der Waals surface area contributed by atoms with Crippen molar-refractivity contribution in [2.45, 2.75) is 40.2 Å². The van der Waals surface area contributed by atoms with E-state index in [1.54, 1.807) is 18.3 Å². The summed E-state index contributed by atoms with van der Waals surface area (Å²) in [5.74, 6) is 0.831. The van der Waals surface area contributed by atoms with Crippen LogP contribution in [0.2, 0.25) is 0 Å². The van der Waals surface area contributed by atoms with Crippen LogP contribution in [0.15, 0.2) is 42.6 Å². The van der Waals surface area contributed by atoms with Crippen LogP contribution in [0.3, 0.4) is 0 Å². The van der Waals surface area contributed by atoms with Crippen molar-refractivity contribution in [3.05, 3.63) is 59.3 Å². The molecule has 128 valence electrons. The fraction of sp³-hybridized carbons (Fsp3) is 0.400. The predicted octanol–water partition coefficient (Wildman–Crippen LogP) is 4.17. The second-order valence-corrected chi connectivity index (χ2v) is 6.32. The second-order valence-electron chi connectivity index (χ2n) is 6.32. The van der Waals surface area contributed by atoms with E-state index in [0.717, 1.165) is 12.0 Å². The van der Waals surface area contributed by atoms with Crippen LogP contribution >= 0.6 is 0 Å². The molecule has 1 heterocycles. The van der Waals surface area contributed by atoms with E-state index in [9.17, 15) is 4.79 Å². The van der Waals surface area contributed by atoms with Gasteiger partial charge in [-0.05, 0) is 49.4 Å². The number of nitrogens with zero attached hydrogens (tertiary/aromatic N) is 1. The molecule has 0 aliphatic heterocycles. The van der Waals surface area contributed by atoms with Gasteiger partial charge in [-0.2, -0.15) is 0 Å². The number of rotatable bonds is 7. The number of pyridine rings is 1. The fourth-order valence-corrected chi connectivity index (χ4v) is 2.59. The predicted molar refractivity (Wildman–Crippen MR) is 96.3 cm³/mol. The van der Waals surface area contributed by atoms with Crippen LogP contribution in [0.1, 0.15) is 55.2 Å². The highest BCUT2D eigenvalue weighted by atomic mass is 16.5. The molecule has 1 atom stereocenters. The van der Waals surface area contributed by atoms with E-state index in [0.29, 0.717) is 24.0 Å². The zero-order valence-corrected chi connectivity index (χ0v) is 14.9. The maximum absolute atomic E-state index is 12.5. The van der Waals surface area contributed by atoms with Gasteiger partial charge in [-0.1, -0.05) is 38.1 Å². The molecule has 0 bridgehead atoms. The lowest BCUT2D eigenvalue weighted by molar-refractivity contribution is 0.0935. The molecule has 0 fully saturated rings. The van der Waals surface area contributed by atoms with Crippen LogP contribution in [0, 0.1) is 5.92 Å². The highest BCUT2D eigenvalue weighted by Gasteiger charge is 2.16. The first kappa shape index (κ1) is 18.0. The Morgan fingerprint density at radius 2 is 1.88 bits per heavy atom. The Morgan fingerprint density at radius 1 is 1.17 bits per heavy atom. The Kier molecular flexibility index (Phi) is 6.36. The van der Waals surface area contributed by atoms with Gasteiger partial charge in [-0.25, -0.2) is 4.98 Å². The van der Waals surface area contributed by atoms with Crippen molar-refractivity contribution >= 4 is 5.91 Å². The van der Waals surface area contributed by atoms with Gasteiger partial charge in [0, 0.05) is 6.20 Å². The summed E-state index contributed by atoms with van der Waals surface area (Å²) in [7, 11) is 0. The van der Waals surface area contributed by atoms with Crippen LogP contribution in [0.4, 0.5) is 0 Å². The minimum atomic E-state index is -0.176. The van der Waals surface area contributed by atoms with Crippen LogP contribution in [-0.2, 0) is 6.42 Å². The smallest absolute Gasteiger partial charge is 0.257 e.